The summed E-state index contributed by atoms with van der Waals surface area (Å²) in [6.07, 6.45) is 2.92. The molecule has 0 atom stereocenters. The second kappa shape index (κ2) is 3.52. The number of Topliss-reactive ketones (excluding diaryl/α,β-unsaturated/α-hetero) is 1. The largest absolute Gasteiger partial charge is 0.332 e. The van der Waals surface area contributed by atoms with Crippen LogP contribution >= 0.6 is 7.60 Å². The predicted octanol–water partition coefficient (Wildman–Crippen LogP) is 1.31. The van der Waals surface area contributed by atoms with Crippen molar-refractivity contribution < 1.29 is 19.1 Å². The van der Waals surface area contributed by atoms with Gasteiger partial charge in [0, 0.05) is 5.41 Å². The van der Waals surface area contributed by atoms with Crippen molar-refractivity contribution in [2.75, 3.05) is 6.16 Å². The van der Waals surface area contributed by atoms with Crippen molar-refractivity contribution >= 4 is 13.4 Å². The van der Waals surface area contributed by atoms with Gasteiger partial charge in [-0.1, -0.05) is 19.8 Å². The van der Waals surface area contributed by atoms with Gasteiger partial charge in [-0.15, -0.1) is 0 Å². The number of carbonyl (C=O) groups excluding carboxylic acids is 1. The van der Waals surface area contributed by atoms with E-state index in [1.165, 1.54) is 0 Å². The quantitative estimate of drug-likeness (QED) is 0.683. The van der Waals surface area contributed by atoms with Gasteiger partial charge in [0.15, 0.2) is 5.78 Å². The normalized spacial score (nSPS) is 21.8. The van der Waals surface area contributed by atoms with Gasteiger partial charge in [-0.05, 0) is 12.8 Å². The van der Waals surface area contributed by atoms with Crippen LogP contribution in [0.2, 0.25) is 0 Å². The highest BCUT2D eigenvalue weighted by Gasteiger charge is 2.38. The molecular weight excluding hydrogens is 191 g/mol. The second-order valence-corrected chi connectivity index (χ2v) is 5.66. The average Bonchev–Trinajstić information content (AvgIpc) is 2.33. The highest BCUT2D eigenvalue weighted by Crippen LogP contribution is 2.43. The van der Waals surface area contributed by atoms with E-state index >= 15 is 0 Å². The molecule has 13 heavy (non-hydrogen) atoms. The molecule has 0 aromatic carbocycles. The van der Waals surface area contributed by atoms with E-state index in [2.05, 4.69) is 0 Å². The molecule has 0 spiro atoms. The van der Waals surface area contributed by atoms with E-state index in [0.717, 1.165) is 25.7 Å². The Morgan fingerprint density at radius 1 is 1.38 bits per heavy atom. The summed E-state index contributed by atoms with van der Waals surface area (Å²) >= 11 is 0. The SMILES string of the molecule is CC1(C(=O)CP(=O)(O)O)CCCC1. The Kier molecular flexibility index (Phi) is 2.95. The van der Waals surface area contributed by atoms with Gasteiger partial charge in [0.25, 0.3) is 0 Å². The third-order valence-electron chi connectivity index (χ3n) is 2.73. The maximum Gasteiger partial charge on any atom is 0.332 e. The molecular formula is C8H15O4P. The number of hydrogen-bond donors (Lipinski definition) is 2. The molecule has 76 valence electrons. The van der Waals surface area contributed by atoms with Crippen molar-refractivity contribution in [3.8, 4) is 0 Å². The second-order valence-electron chi connectivity index (χ2n) is 4.01. The molecule has 1 fully saturated rings. The van der Waals surface area contributed by atoms with E-state index in [4.69, 9.17) is 9.79 Å². The van der Waals surface area contributed by atoms with E-state index in [9.17, 15) is 9.36 Å². The molecule has 0 heterocycles. The van der Waals surface area contributed by atoms with Crippen molar-refractivity contribution in [2.45, 2.75) is 32.6 Å². The maximum absolute atomic E-state index is 11.5. The molecule has 0 aromatic heterocycles. The number of hydrogen-bond acceptors (Lipinski definition) is 2. The zero-order chi connectivity index (χ0) is 10.1. The van der Waals surface area contributed by atoms with Crippen molar-refractivity contribution in [1.29, 1.82) is 0 Å². The topological polar surface area (TPSA) is 74.6 Å². The summed E-state index contributed by atoms with van der Waals surface area (Å²) in [4.78, 5) is 28.8. The molecule has 1 aliphatic rings. The van der Waals surface area contributed by atoms with Gasteiger partial charge < -0.3 is 9.79 Å². The van der Waals surface area contributed by atoms with Gasteiger partial charge in [0.1, 0.15) is 6.16 Å². The first kappa shape index (κ1) is 10.9. The van der Waals surface area contributed by atoms with Gasteiger partial charge in [-0.25, -0.2) is 0 Å². The van der Waals surface area contributed by atoms with Crippen LogP contribution in [0.15, 0.2) is 0 Å². The molecule has 5 heteroatoms. The van der Waals surface area contributed by atoms with Crippen molar-refractivity contribution in [3.63, 3.8) is 0 Å². The Balaban J connectivity index is 2.62. The van der Waals surface area contributed by atoms with Gasteiger partial charge in [-0.3, -0.25) is 9.36 Å². The Morgan fingerprint density at radius 2 is 1.85 bits per heavy atom. The molecule has 1 aliphatic carbocycles. The molecule has 4 nitrogen and oxygen atoms in total. The molecule has 0 amide bonds. The van der Waals surface area contributed by atoms with E-state index in [0.29, 0.717) is 0 Å². The Bertz CT molecular complexity index is 249. The van der Waals surface area contributed by atoms with Crippen LogP contribution < -0.4 is 0 Å². The van der Waals surface area contributed by atoms with Crippen LogP contribution in [0.1, 0.15) is 32.6 Å². The van der Waals surface area contributed by atoms with Crippen LogP contribution in [0.3, 0.4) is 0 Å². The van der Waals surface area contributed by atoms with Gasteiger partial charge in [0.2, 0.25) is 0 Å². The Morgan fingerprint density at radius 3 is 2.23 bits per heavy atom. The molecule has 0 unspecified atom stereocenters. The summed E-state index contributed by atoms with van der Waals surface area (Å²) in [5.74, 6) is -0.279. The van der Waals surface area contributed by atoms with Crippen molar-refractivity contribution in [2.24, 2.45) is 5.41 Å². The van der Waals surface area contributed by atoms with Crippen LogP contribution in [0, 0.1) is 5.41 Å². The standard InChI is InChI=1S/C8H15O4P/c1-8(4-2-3-5-8)7(9)6-13(10,11)12/h2-6H2,1H3,(H2,10,11,12). The van der Waals surface area contributed by atoms with Crippen LogP contribution in [0.5, 0.6) is 0 Å². The fraction of sp³-hybridized carbons (Fsp3) is 0.875. The lowest BCUT2D eigenvalue weighted by atomic mass is 9.85. The Labute approximate surface area is 77.5 Å². The maximum atomic E-state index is 11.5. The number of rotatable bonds is 3. The van der Waals surface area contributed by atoms with Crippen molar-refractivity contribution in [3.05, 3.63) is 0 Å². The third-order valence-corrected chi connectivity index (χ3v) is 3.43. The van der Waals surface area contributed by atoms with Crippen LogP contribution in [0.25, 0.3) is 0 Å². The highest BCUT2D eigenvalue weighted by molar-refractivity contribution is 7.52. The fourth-order valence-electron chi connectivity index (χ4n) is 1.81. The molecule has 2 N–H and O–H groups in total. The minimum atomic E-state index is -4.17. The van der Waals surface area contributed by atoms with Gasteiger partial charge in [0.05, 0.1) is 0 Å². The first-order chi connectivity index (χ1) is 5.83. The van der Waals surface area contributed by atoms with E-state index in [-0.39, 0.29) is 5.78 Å². The first-order valence-corrected chi connectivity index (χ1v) is 6.21. The van der Waals surface area contributed by atoms with Crippen molar-refractivity contribution in [1.82, 2.24) is 0 Å². The fourth-order valence-corrected chi connectivity index (χ4v) is 2.57. The minimum Gasteiger partial charge on any atom is -0.324 e. The smallest absolute Gasteiger partial charge is 0.324 e. The lowest BCUT2D eigenvalue weighted by Gasteiger charge is -2.21. The molecule has 1 saturated carbocycles. The summed E-state index contributed by atoms with van der Waals surface area (Å²) in [6.45, 7) is 1.80. The summed E-state index contributed by atoms with van der Waals surface area (Å²) < 4.78 is 10.6. The van der Waals surface area contributed by atoms with E-state index in [1.807, 2.05) is 0 Å². The first-order valence-electron chi connectivity index (χ1n) is 4.41. The number of ketones is 1. The predicted molar refractivity (Wildman–Crippen MR) is 48.5 cm³/mol. The summed E-state index contributed by atoms with van der Waals surface area (Å²) in [6, 6.07) is 0. The molecule has 0 aromatic rings. The monoisotopic (exact) mass is 206 g/mol. The van der Waals surface area contributed by atoms with Gasteiger partial charge in [-0.2, -0.15) is 0 Å². The van der Waals surface area contributed by atoms with Crippen LogP contribution in [-0.4, -0.2) is 21.7 Å². The average molecular weight is 206 g/mol. The van der Waals surface area contributed by atoms with E-state index in [1.54, 1.807) is 6.92 Å². The summed E-state index contributed by atoms with van der Waals surface area (Å²) in [5, 5.41) is 0. The molecule has 0 bridgehead atoms. The van der Waals surface area contributed by atoms with Crippen LogP contribution in [-0.2, 0) is 9.36 Å². The summed E-state index contributed by atoms with van der Waals surface area (Å²) in [5.41, 5.74) is -0.471. The lowest BCUT2D eigenvalue weighted by Crippen LogP contribution is -2.27. The highest BCUT2D eigenvalue weighted by atomic mass is 31.2. The van der Waals surface area contributed by atoms with Crippen LogP contribution in [0.4, 0.5) is 0 Å². The molecule has 0 aliphatic heterocycles. The van der Waals surface area contributed by atoms with Gasteiger partial charge >= 0.3 is 7.60 Å². The molecule has 1 rings (SSSR count). The zero-order valence-corrected chi connectivity index (χ0v) is 8.59. The lowest BCUT2D eigenvalue weighted by molar-refractivity contribution is -0.125. The number of carbonyl (C=O) groups is 1. The minimum absolute atomic E-state index is 0.279. The molecule has 0 radical (unpaired) electrons. The third kappa shape index (κ3) is 2.90. The molecule has 0 saturated heterocycles. The Hall–Kier alpha value is -0.180. The zero-order valence-electron chi connectivity index (χ0n) is 7.69. The van der Waals surface area contributed by atoms with E-state index < -0.39 is 19.2 Å². The summed E-state index contributed by atoms with van der Waals surface area (Å²) in [7, 11) is -4.17.